The average Bonchev–Trinajstić information content (AvgIpc) is 2.55. The van der Waals surface area contributed by atoms with Crippen LogP contribution in [0.25, 0.3) is 0 Å². The van der Waals surface area contributed by atoms with Gasteiger partial charge in [-0.05, 0) is 49.9 Å². The monoisotopic (exact) mass is 291 g/mol. The van der Waals surface area contributed by atoms with Gasteiger partial charge < -0.3 is 19.5 Å². The van der Waals surface area contributed by atoms with E-state index in [1.165, 1.54) is 24.8 Å². The van der Waals surface area contributed by atoms with Gasteiger partial charge in [-0.1, -0.05) is 13.0 Å². The lowest BCUT2D eigenvalue weighted by molar-refractivity contribution is 0.00511. The van der Waals surface area contributed by atoms with Crippen molar-refractivity contribution in [1.29, 1.82) is 0 Å². The van der Waals surface area contributed by atoms with Crippen molar-refractivity contribution in [1.82, 2.24) is 5.32 Å². The van der Waals surface area contributed by atoms with Gasteiger partial charge >= 0.3 is 0 Å². The van der Waals surface area contributed by atoms with Crippen LogP contribution in [0.15, 0.2) is 18.2 Å². The second-order valence-corrected chi connectivity index (χ2v) is 5.74. The Balaban J connectivity index is 1.73. The van der Waals surface area contributed by atoms with Crippen molar-refractivity contribution >= 4 is 0 Å². The topological polar surface area (TPSA) is 39.7 Å². The summed E-state index contributed by atoms with van der Waals surface area (Å²) in [6, 6.07) is 6.60. The molecule has 1 aromatic rings. The molecular weight excluding hydrogens is 266 g/mol. The summed E-state index contributed by atoms with van der Waals surface area (Å²) < 4.78 is 17.2. The van der Waals surface area contributed by atoms with E-state index in [0.29, 0.717) is 25.4 Å². The molecule has 1 fully saturated rings. The van der Waals surface area contributed by atoms with Crippen LogP contribution in [0.2, 0.25) is 0 Å². The van der Waals surface area contributed by atoms with Gasteiger partial charge in [-0.3, -0.25) is 0 Å². The van der Waals surface area contributed by atoms with Crippen LogP contribution in [0.4, 0.5) is 0 Å². The van der Waals surface area contributed by atoms with E-state index in [1.807, 2.05) is 6.07 Å². The summed E-state index contributed by atoms with van der Waals surface area (Å²) in [5.74, 6) is 1.72. The highest BCUT2D eigenvalue weighted by Gasteiger charge is 2.22. The fraction of sp³-hybridized carbons (Fsp3) is 0.647. The molecule has 2 aliphatic rings. The third-order valence-corrected chi connectivity index (χ3v) is 4.19. The molecule has 1 aromatic carbocycles. The molecule has 0 radical (unpaired) electrons. The Labute approximate surface area is 126 Å². The highest BCUT2D eigenvalue weighted by Crippen LogP contribution is 2.34. The zero-order valence-corrected chi connectivity index (χ0v) is 12.8. The van der Waals surface area contributed by atoms with Crippen molar-refractivity contribution in [2.45, 2.75) is 44.8 Å². The number of ether oxygens (including phenoxy) is 3. The maximum Gasteiger partial charge on any atom is 0.161 e. The summed E-state index contributed by atoms with van der Waals surface area (Å²) >= 11 is 0. The molecule has 4 nitrogen and oxygen atoms in total. The Morgan fingerprint density at radius 3 is 2.76 bits per heavy atom. The molecule has 2 unspecified atom stereocenters. The van der Waals surface area contributed by atoms with E-state index in [4.69, 9.17) is 14.2 Å². The Morgan fingerprint density at radius 2 is 2.00 bits per heavy atom. The molecule has 2 aliphatic heterocycles. The van der Waals surface area contributed by atoms with Crippen molar-refractivity contribution in [3.63, 3.8) is 0 Å². The first kappa shape index (κ1) is 14.7. The van der Waals surface area contributed by atoms with Gasteiger partial charge in [-0.15, -0.1) is 0 Å². The molecule has 0 amide bonds. The standard InChI is InChI=1S/C17H25NO3/c1-2-18-15(12-14-5-3-4-8-19-14)13-6-7-16-17(11-13)21-10-9-20-16/h6-7,11,14-15,18H,2-5,8-10,12H2,1H3. The average molecular weight is 291 g/mol. The predicted molar refractivity (Wildman–Crippen MR) is 82.1 cm³/mol. The Bertz CT molecular complexity index is 457. The summed E-state index contributed by atoms with van der Waals surface area (Å²) in [6.07, 6.45) is 5.05. The van der Waals surface area contributed by atoms with Crippen LogP contribution >= 0.6 is 0 Å². The predicted octanol–water partition coefficient (Wildman–Crippen LogP) is 3.07. The van der Waals surface area contributed by atoms with Crippen LogP contribution in [0, 0.1) is 0 Å². The molecule has 21 heavy (non-hydrogen) atoms. The minimum Gasteiger partial charge on any atom is -0.486 e. The van der Waals surface area contributed by atoms with Crippen molar-refractivity contribution in [3.8, 4) is 11.5 Å². The normalized spacial score (nSPS) is 22.8. The number of hydrogen-bond donors (Lipinski definition) is 1. The highest BCUT2D eigenvalue weighted by molar-refractivity contribution is 5.44. The van der Waals surface area contributed by atoms with E-state index in [9.17, 15) is 0 Å². The van der Waals surface area contributed by atoms with Crippen LogP contribution in [0.3, 0.4) is 0 Å². The first-order chi connectivity index (χ1) is 10.4. The van der Waals surface area contributed by atoms with E-state index in [2.05, 4.69) is 24.4 Å². The first-order valence-electron chi connectivity index (χ1n) is 8.11. The van der Waals surface area contributed by atoms with Crippen molar-refractivity contribution in [2.24, 2.45) is 0 Å². The maximum absolute atomic E-state index is 5.89. The summed E-state index contributed by atoms with van der Waals surface area (Å²) in [5.41, 5.74) is 1.26. The van der Waals surface area contributed by atoms with Gasteiger partial charge in [-0.2, -0.15) is 0 Å². The highest BCUT2D eigenvalue weighted by atomic mass is 16.6. The smallest absolute Gasteiger partial charge is 0.161 e. The molecule has 0 bridgehead atoms. The zero-order valence-electron chi connectivity index (χ0n) is 12.8. The summed E-state index contributed by atoms with van der Waals surface area (Å²) in [4.78, 5) is 0. The molecule has 0 aromatic heterocycles. The molecule has 0 aliphatic carbocycles. The maximum atomic E-state index is 5.89. The fourth-order valence-electron chi connectivity index (χ4n) is 3.12. The Hall–Kier alpha value is -1.26. The van der Waals surface area contributed by atoms with Crippen LogP contribution in [-0.2, 0) is 4.74 Å². The minimum absolute atomic E-state index is 0.314. The molecule has 1 N–H and O–H groups in total. The first-order valence-corrected chi connectivity index (χ1v) is 8.11. The van der Waals surface area contributed by atoms with Crippen LogP contribution < -0.4 is 14.8 Å². The van der Waals surface area contributed by atoms with E-state index >= 15 is 0 Å². The lowest BCUT2D eigenvalue weighted by atomic mass is 9.96. The third-order valence-electron chi connectivity index (χ3n) is 4.19. The van der Waals surface area contributed by atoms with Gasteiger partial charge in [0, 0.05) is 12.6 Å². The van der Waals surface area contributed by atoms with Gasteiger partial charge in [0.25, 0.3) is 0 Å². The number of fused-ring (bicyclic) bond motifs is 1. The van der Waals surface area contributed by atoms with Crippen LogP contribution in [-0.4, -0.2) is 32.5 Å². The summed E-state index contributed by atoms with van der Waals surface area (Å²) in [6.45, 7) is 5.27. The second-order valence-electron chi connectivity index (χ2n) is 5.74. The molecule has 116 valence electrons. The minimum atomic E-state index is 0.314. The van der Waals surface area contributed by atoms with E-state index in [-0.39, 0.29) is 0 Å². The van der Waals surface area contributed by atoms with Crippen molar-refractivity contribution < 1.29 is 14.2 Å². The van der Waals surface area contributed by atoms with Crippen LogP contribution in [0.1, 0.15) is 44.2 Å². The van der Waals surface area contributed by atoms with Gasteiger partial charge in [0.2, 0.25) is 0 Å². The number of nitrogens with one attached hydrogen (secondary N) is 1. The second kappa shape index (κ2) is 7.14. The zero-order chi connectivity index (χ0) is 14.5. The van der Waals surface area contributed by atoms with E-state index < -0.39 is 0 Å². The molecule has 0 saturated carbocycles. The lowest BCUT2D eigenvalue weighted by Gasteiger charge is -2.28. The fourth-order valence-corrected chi connectivity index (χ4v) is 3.12. The molecule has 1 saturated heterocycles. The van der Waals surface area contributed by atoms with E-state index in [0.717, 1.165) is 31.1 Å². The van der Waals surface area contributed by atoms with Gasteiger partial charge in [0.15, 0.2) is 11.5 Å². The Kier molecular flexibility index (Phi) is 4.99. The largest absolute Gasteiger partial charge is 0.486 e. The number of benzene rings is 1. The molecule has 3 rings (SSSR count). The number of hydrogen-bond acceptors (Lipinski definition) is 4. The third kappa shape index (κ3) is 3.69. The Morgan fingerprint density at radius 1 is 1.14 bits per heavy atom. The van der Waals surface area contributed by atoms with E-state index in [1.54, 1.807) is 0 Å². The number of rotatable bonds is 5. The van der Waals surface area contributed by atoms with Crippen molar-refractivity contribution in [2.75, 3.05) is 26.4 Å². The summed E-state index contributed by atoms with van der Waals surface area (Å²) in [5, 5.41) is 3.58. The van der Waals surface area contributed by atoms with Crippen LogP contribution in [0.5, 0.6) is 11.5 Å². The van der Waals surface area contributed by atoms with Gasteiger partial charge in [0.1, 0.15) is 13.2 Å². The molecule has 4 heteroatoms. The molecular formula is C17H25NO3. The molecule has 2 heterocycles. The SMILES string of the molecule is CCNC(CC1CCCCO1)c1ccc2c(c1)OCCO2. The van der Waals surface area contributed by atoms with Gasteiger partial charge in [-0.25, -0.2) is 0 Å². The molecule has 2 atom stereocenters. The lowest BCUT2D eigenvalue weighted by Crippen LogP contribution is -2.29. The molecule has 0 spiro atoms. The summed E-state index contributed by atoms with van der Waals surface area (Å²) in [7, 11) is 0. The van der Waals surface area contributed by atoms with Gasteiger partial charge in [0.05, 0.1) is 6.10 Å². The van der Waals surface area contributed by atoms with Crippen molar-refractivity contribution in [3.05, 3.63) is 23.8 Å². The quantitative estimate of drug-likeness (QED) is 0.905.